The van der Waals surface area contributed by atoms with Gasteiger partial charge in [0.05, 0.1) is 25.1 Å². The maximum Gasteiger partial charge on any atom is 0.322 e. The Balaban J connectivity index is 2.39. The minimum atomic E-state index is -1.87. The summed E-state index contributed by atoms with van der Waals surface area (Å²) < 4.78 is 16.9. The Morgan fingerprint density at radius 1 is 1.14 bits per heavy atom. The molecule has 0 heterocycles. The normalized spacial score (nSPS) is 19.7. The van der Waals surface area contributed by atoms with Gasteiger partial charge in [-0.3, -0.25) is 14.6 Å². The molecule has 0 spiro atoms. The van der Waals surface area contributed by atoms with Gasteiger partial charge < -0.3 is 13.9 Å². The summed E-state index contributed by atoms with van der Waals surface area (Å²) in [5.74, 6) is -0.0314. The van der Waals surface area contributed by atoms with Crippen LogP contribution < -0.4 is 4.74 Å². The van der Waals surface area contributed by atoms with Gasteiger partial charge in [-0.2, -0.15) is 0 Å². The van der Waals surface area contributed by atoms with Crippen LogP contribution in [0.1, 0.15) is 54.4 Å². The van der Waals surface area contributed by atoms with Gasteiger partial charge in [0.1, 0.15) is 11.2 Å². The minimum absolute atomic E-state index is 0.125. The van der Waals surface area contributed by atoms with E-state index in [4.69, 9.17) is 13.9 Å². The topological polar surface area (TPSA) is 86.6 Å². The first-order valence-electron chi connectivity index (χ1n) is 12.1. The van der Waals surface area contributed by atoms with E-state index < -0.39 is 19.7 Å². The van der Waals surface area contributed by atoms with Crippen LogP contribution in [0.5, 0.6) is 5.75 Å². The van der Waals surface area contributed by atoms with Crippen molar-refractivity contribution < 1.29 is 23.5 Å². The second-order valence-electron chi connectivity index (χ2n) is 10.4. The zero-order chi connectivity index (χ0) is 26.4. The molecule has 0 bridgehead atoms. The predicted molar refractivity (Wildman–Crippen MR) is 143 cm³/mol. The van der Waals surface area contributed by atoms with Gasteiger partial charge in [0.25, 0.3) is 0 Å². The van der Waals surface area contributed by atoms with E-state index in [1.54, 1.807) is 27.2 Å². The number of aliphatic imine (C=N–C) groups is 2. The van der Waals surface area contributed by atoms with Crippen LogP contribution in [-0.4, -0.2) is 52.4 Å². The van der Waals surface area contributed by atoms with Crippen LogP contribution in [0.3, 0.4) is 0 Å². The molecule has 0 fully saturated rings. The molecular formula is C27H40N2O5Si. The first kappa shape index (κ1) is 28.7. The third-order valence-corrected chi connectivity index (χ3v) is 11.4. The fourth-order valence-electron chi connectivity index (χ4n) is 3.71. The van der Waals surface area contributed by atoms with Gasteiger partial charge in [-0.1, -0.05) is 20.8 Å². The molecule has 0 N–H and O–H groups in total. The molecule has 1 unspecified atom stereocenters. The molecule has 1 aliphatic carbocycles. The van der Waals surface area contributed by atoms with E-state index in [2.05, 4.69) is 43.9 Å². The number of carbonyl (C=O) groups is 2. The number of rotatable bonds is 10. The average Bonchev–Trinajstić information content (AvgIpc) is 2.78. The standard InChI is InChI=1S/C27H40N2O5Si/c1-10-33-25(31)27(6)23(12-11-17-34-35(8,9)26(3,4)5)22(24(27)29-19(2)30)18-28-20-13-15-21(32-7)16-14-20/h13-16,18H,10-12,17H2,1-9H3. The Hall–Kier alpha value is -2.58. The van der Waals surface area contributed by atoms with E-state index >= 15 is 0 Å². The van der Waals surface area contributed by atoms with Gasteiger partial charge in [-0.15, -0.1) is 0 Å². The van der Waals surface area contributed by atoms with Crippen molar-refractivity contribution in [2.75, 3.05) is 20.3 Å². The summed E-state index contributed by atoms with van der Waals surface area (Å²) >= 11 is 0. The zero-order valence-electron chi connectivity index (χ0n) is 22.7. The number of methoxy groups -OCH3 is 1. The number of nitrogens with zero attached hydrogens (tertiary/aromatic N) is 2. The highest BCUT2D eigenvalue weighted by molar-refractivity contribution is 6.74. The molecule has 0 aromatic heterocycles. The van der Waals surface area contributed by atoms with E-state index in [0.29, 0.717) is 24.3 Å². The highest BCUT2D eigenvalue weighted by atomic mass is 28.4. The number of benzene rings is 1. The summed E-state index contributed by atoms with van der Waals surface area (Å²) in [6.07, 6.45) is 3.05. The summed E-state index contributed by atoms with van der Waals surface area (Å²) in [6.45, 7) is 16.9. The van der Waals surface area contributed by atoms with Crippen LogP contribution in [0.25, 0.3) is 0 Å². The van der Waals surface area contributed by atoms with Crippen molar-refractivity contribution in [3.8, 4) is 5.75 Å². The lowest BCUT2D eigenvalue weighted by atomic mass is 9.62. The molecule has 8 heteroatoms. The smallest absolute Gasteiger partial charge is 0.322 e. The van der Waals surface area contributed by atoms with E-state index in [1.807, 2.05) is 24.3 Å². The lowest BCUT2D eigenvalue weighted by molar-refractivity contribution is -0.149. The van der Waals surface area contributed by atoms with E-state index in [-0.39, 0.29) is 17.6 Å². The quantitative estimate of drug-likeness (QED) is 0.168. The first-order chi connectivity index (χ1) is 16.3. The number of amides is 1. The van der Waals surface area contributed by atoms with Gasteiger partial charge >= 0.3 is 5.97 Å². The van der Waals surface area contributed by atoms with E-state index in [9.17, 15) is 9.59 Å². The van der Waals surface area contributed by atoms with Crippen molar-refractivity contribution >= 4 is 37.8 Å². The summed E-state index contributed by atoms with van der Waals surface area (Å²) in [4.78, 5) is 33.7. The molecule has 1 amide bonds. The van der Waals surface area contributed by atoms with Crippen LogP contribution in [-0.2, 0) is 18.8 Å². The van der Waals surface area contributed by atoms with Crippen molar-refractivity contribution in [3.63, 3.8) is 0 Å². The second-order valence-corrected chi connectivity index (χ2v) is 15.2. The number of ether oxygens (including phenoxy) is 2. The van der Waals surface area contributed by atoms with Gasteiger partial charge in [-0.25, -0.2) is 4.99 Å². The summed E-state index contributed by atoms with van der Waals surface area (Å²) in [5, 5.41) is 0.125. The molecule has 1 aromatic carbocycles. The van der Waals surface area contributed by atoms with Crippen LogP contribution in [0.4, 0.5) is 5.69 Å². The van der Waals surface area contributed by atoms with Crippen molar-refractivity contribution in [2.24, 2.45) is 15.4 Å². The minimum Gasteiger partial charge on any atom is -0.497 e. The Morgan fingerprint density at radius 2 is 1.77 bits per heavy atom. The molecule has 2 rings (SSSR count). The third kappa shape index (κ3) is 6.55. The largest absolute Gasteiger partial charge is 0.497 e. The van der Waals surface area contributed by atoms with Crippen molar-refractivity contribution in [1.82, 2.24) is 0 Å². The molecule has 35 heavy (non-hydrogen) atoms. The molecule has 0 saturated heterocycles. The second kappa shape index (κ2) is 11.4. The summed E-state index contributed by atoms with van der Waals surface area (Å²) in [5.41, 5.74) is 1.62. The molecule has 0 saturated carbocycles. The molecular weight excluding hydrogens is 460 g/mol. The molecule has 1 aromatic rings. The van der Waals surface area contributed by atoms with Crippen LogP contribution in [0.15, 0.2) is 45.4 Å². The van der Waals surface area contributed by atoms with Crippen LogP contribution in [0.2, 0.25) is 18.1 Å². The van der Waals surface area contributed by atoms with Crippen molar-refractivity contribution in [2.45, 2.75) is 72.5 Å². The molecule has 7 nitrogen and oxygen atoms in total. The molecule has 192 valence electrons. The first-order valence-corrected chi connectivity index (χ1v) is 15.0. The fraction of sp³-hybridized carbons (Fsp3) is 0.556. The maximum absolute atomic E-state index is 13.0. The summed E-state index contributed by atoms with van der Waals surface area (Å²) in [7, 11) is -0.261. The highest BCUT2D eigenvalue weighted by Crippen LogP contribution is 2.47. The Bertz CT molecular complexity index is 1020. The van der Waals surface area contributed by atoms with Crippen LogP contribution in [0, 0.1) is 5.41 Å². The lowest BCUT2D eigenvalue weighted by Crippen LogP contribution is -2.50. The Morgan fingerprint density at radius 3 is 2.29 bits per heavy atom. The third-order valence-electron chi connectivity index (χ3n) is 6.87. The van der Waals surface area contributed by atoms with E-state index in [1.165, 1.54) is 6.92 Å². The number of hydrogen-bond donors (Lipinski definition) is 0. The highest BCUT2D eigenvalue weighted by Gasteiger charge is 2.53. The fourth-order valence-corrected chi connectivity index (χ4v) is 4.80. The zero-order valence-corrected chi connectivity index (χ0v) is 23.7. The van der Waals surface area contributed by atoms with Gasteiger partial charge in [-0.05, 0) is 74.7 Å². The predicted octanol–water partition coefficient (Wildman–Crippen LogP) is 6.07. The van der Waals surface area contributed by atoms with Gasteiger partial charge in [0.15, 0.2) is 8.32 Å². The van der Waals surface area contributed by atoms with Gasteiger partial charge in [0, 0.05) is 25.3 Å². The lowest BCUT2D eigenvalue weighted by Gasteiger charge is -2.42. The number of carbonyl (C=O) groups excluding carboxylic acids is 2. The molecule has 0 radical (unpaired) electrons. The molecule has 0 aliphatic heterocycles. The average molecular weight is 501 g/mol. The summed E-state index contributed by atoms with van der Waals surface area (Å²) in [6, 6.07) is 7.34. The molecule has 1 atom stereocenters. The Kier molecular flexibility index (Phi) is 9.36. The number of esters is 1. The number of allylic oxidation sites excluding steroid dienone is 1. The van der Waals surface area contributed by atoms with Crippen LogP contribution >= 0.6 is 0 Å². The van der Waals surface area contributed by atoms with E-state index in [0.717, 1.165) is 23.4 Å². The van der Waals surface area contributed by atoms with Gasteiger partial charge in [0.2, 0.25) is 5.91 Å². The number of hydrogen-bond acceptors (Lipinski definition) is 6. The SMILES string of the molecule is CCOC(=O)C1(C)C(=NC(C)=O)C(C=Nc2ccc(OC)cc2)=C1CCCO[Si](C)(C)C(C)(C)C. The monoisotopic (exact) mass is 500 g/mol. The Labute approximate surface area is 210 Å². The van der Waals surface area contributed by atoms with Crippen molar-refractivity contribution in [1.29, 1.82) is 0 Å². The molecule has 1 aliphatic rings. The maximum atomic E-state index is 13.0. The van der Waals surface area contributed by atoms with Crippen molar-refractivity contribution in [3.05, 3.63) is 35.4 Å².